The van der Waals surface area contributed by atoms with Gasteiger partial charge in [0, 0.05) is 20.0 Å². The monoisotopic (exact) mass is 213 g/mol. The van der Waals surface area contributed by atoms with Crippen molar-refractivity contribution >= 4 is 5.91 Å². The van der Waals surface area contributed by atoms with Crippen LogP contribution in [0.2, 0.25) is 0 Å². The van der Waals surface area contributed by atoms with Gasteiger partial charge in [-0.15, -0.1) is 6.42 Å². The highest BCUT2D eigenvalue weighted by molar-refractivity contribution is 5.75. The van der Waals surface area contributed by atoms with Crippen LogP contribution in [-0.4, -0.2) is 50.8 Å². The van der Waals surface area contributed by atoms with E-state index in [1.54, 1.807) is 11.9 Å². The Morgan fingerprint density at radius 2 is 2.00 bits per heavy atom. The van der Waals surface area contributed by atoms with Crippen molar-refractivity contribution in [2.75, 3.05) is 40.0 Å². The maximum absolute atomic E-state index is 11.1. The molecule has 0 aromatic rings. The molecule has 1 amide bonds. The molecule has 0 aliphatic carbocycles. The first kappa shape index (κ1) is 13.9. The fraction of sp³-hybridized carbons (Fsp3) is 0.727. The van der Waals surface area contributed by atoms with Gasteiger partial charge in [0.15, 0.2) is 0 Å². The Morgan fingerprint density at radius 3 is 2.60 bits per heavy atom. The van der Waals surface area contributed by atoms with Gasteiger partial charge in [-0.25, -0.2) is 0 Å². The van der Waals surface area contributed by atoms with Crippen LogP contribution in [0, 0.1) is 12.3 Å². The van der Waals surface area contributed by atoms with E-state index in [1.807, 2.05) is 6.92 Å². The molecular formula is C11H19NO3. The van der Waals surface area contributed by atoms with Crippen molar-refractivity contribution in [2.24, 2.45) is 0 Å². The summed E-state index contributed by atoms with van der Waals surface area (Å²) in [5, 5.41) is 0. The molecule has 0 heterocycles. The lowest BCUT2D eigenvalue weighted by Gasteiger charge is -2.15. The highest BCUT2D eigenvalue weighted by atomic mass is 16.5. The number of amides is 1. The van der Waals surface area contributed by atoms with Crippen LogP contribution in [0.5, 0.6) is 0 Å². The average Bonchev–Trinajstić information content (AvgIpc) is 2.26. The van der Waals surface area contributed by atoms with Crippen molar-refractivity contribution in [2.45, 2.75) is 13.3 Å². The third kappa shape index (κ3) is 7.98. The number of nitrogens with zero attached hydrogens (tertiary/aromatic N) is 1. The Labute approximate surface area is 91.5 Å². The van der Waals surface area contributed by atoms with Crippen LogP contribution < -0.4 is 0 Å². The van der Waals surface area contributed by atoms with Crippen molar-refractivity contribution < 1.29 is 14.3 Å². The molecule has 15 heavy (non-hydrogen) atoms. The molecule has 0 aromatic carbocycles. The molecule has 4 nitrogen and oxygen atoms in total. The molecule has 0 aromatic heterocycles. The summed E-state index contributed by atoms with van der Waals surface area (Å²) in [7, 11) is 1.77. The molecule has 0 atom stereocenters. The molecular weight excluding hydrogens is 194 g/mol. The second-order valence-electron chi connectivity index (χ2n) is 3.04. The maximum Gasteiger partial charge on any atom is 0.222 e. The number of ether oxygens (including phenoxy) is 2. The summed E-state index contributed by atoms with van der Waals surface area (Å²) in [6.07, 6.45) is 5.53. The van der Waals surface area contributed by atoms with Gasteiger partial charge in [-0.05, 0) is 0 Å². The minimum Gasteiger partial charge on any atom is -0.377 e. The van der Waals surface area contributed by atoms with Crippen molar-refractivity contribution in [3.63, 3.8) is 0 Å². The number of terminal acetylenes is 1. The fourth-order valence-electron chi connectivity index (χ4n) is 0.947. The highest BCUT2D eigenvalue weighted by Gasteiger charge is 2.04. The zero-order valence-electron chi connectivity index (χ0n) is 9.49. The van der Waals surface area contributed by atoms with E-state index in [4.69, 9.17) is 15.9 Å². The molecule has 0 saturated carbocycles. The van der Waals surface area contributed by atoms with Crippen molar-refractivity contribution in [3.8, 4) is 12.3 Å². The summed E-state index contributed by atoms with van der Waals surface area (Å²) >= 11 is 0. The zero-order chi connectivity index (χ0) is 11.5. The summed E-state index contributed by atoms with van der Waals surface area (Å²) in [5.74, 6) is 2.50. The van der Waals surface area contributed by atoms with Crippen LogP contribution in [0.1, 0.15) is 13.3 Å². The molecule has 0 saturated heterocycles. The minimum absolute atomic E-state index is 0.127. The Hall–Kier alpha value is -1.05. The molecule has 0 aliphatic rings. The number of carbonyl (C=O) groups excluding carboxylic acids is 1. The second kappa shape index (κ2) is 9.50. The average molecular weight is 213 g/mol. The number of hydrogen-bond donors (Lipinski definition) is 0. The summed E-state index contributed by atoms with van der Waals surface area (Å²) in [6, 6.07) is 0. The molecule has 0 radical (unpaired) electrons. The lowest BCUT2D eigenvalue weighted by molar-refractivity contribution is -0.130. The lowest BCUT2D eigenvalue weighted by Crippen LogP contribution is -2.29. The Bertz CT molecular complexity index is 210. The smallest absolute Gasteiger partial charge is 0.222 e. The van der Waals surface area contributed by atoms with Crippen molar-refractivity contribution in [1.29, 1.82) is 0 Å². The van der Waals surface area contributed by atoms with Gasteiger partial charge in [0.05, 0.1) is 19.8 Å². The van der Waals surface area contributed by atoms with E-state index in [1.165, 1.54) is 0 Å². The van der Waals surface area contributed by atoms with E-state index >= 15 is 0 Å². The number of likely N-dealkylation sites (N-methyl/N-ethyl adjacent to an activating group) is 1. The van der Waals surface area contributed by atoms with Crippen LogP contribution in [0.25, 0.3) is 0 Å². The predicted molar refractivity (Wildman–Crippen MR) is 58.4 cm³/mol. The van der Waals surface area contributed by atoms with E-state index in [2.05, 4.69) is 5.92 Å². The number of rotatable bonds is 8. The topological polar surface area (TPSA) is 38.8 Å². The van der Waals surface area contributed by atoms with Gasteiger partial charge in [-0.2, -0.15) is 0 Å². The molecule has 0 aliphatic heterocycles. The molecule has 0 bridgehead atoms. The van der Waals surface area contributed by atoms with Gasteiger partial charge in [0.25, 0.3) is 0 Å². The Kier molecular flexibility index (Phi) is 8.84. The Morgan fingerprint density at radius 1 is 1.33 bits per heavy atom. The SMILES string of the molecule is C#CCOCCOCCN(C)C(=O)CC. The minimum atomic E-state index is 0.127. The van der Waals surface area contributed by atoms with Gasteiger partial charge in [-0.1, -0.05) is 12.8 Å². The normalized spacial score (nSPS) is 9.67. The second-order valence-corrected chi connectivity index (χ2v) is 3.04. The highest BCUT2D eigenvalue weighted by Crippen LogP contribution is 1.89. The molecule has 4 heteroatoms. The van der Waals surface area contributed by atoms with Crippen LogP contribution >= 0.6 is 0 Å². The summed E-state index contributed by atoms with van der Waals surface area (Å²) < 4.78 is 10.3. The Balaban J connectivity index is 3.24. The van der Waals surface area contributed by atoms with E-state index in [0.29, 0.717) is 39.4 Å². The molecule has 0 N–H and O–H groups in total. The van der Waals surface area contributed by atoms with Crippen LogP contribution in [0.15, 0.2) is 0 Å². The molecule has 0 fully saturated rings. The lowest BCUT2D eigenvalue weighted by atomic mass is 10.4. The fourth-order valence-corrected chi connectivity index (χ4v) is 0.947. The summed E-state index contributed by atoms with van der Waals surface area (Å²) in [4.78, 5) is 12.8. The van der Waals surface area contributed by atoms with Gasteiger partial charge in [0.1, 0.15) is 6.61 Å². The van der Waals surface area contributed by atoms with E-state index < -0.39 is 0 Å². The standard InChI is InChI=1S/C11H19NO3/c1-4-7-14-9-10-15-8-6-12(3)11(13)5-2/h1H,5-10H2,2-3H3. The first-order valence-electron chi connectivity index (χ1n) is 5.05. The third-order valence-electron chi connectivity index (χ3n) is 1.86. The van der Waals surface area contributed by atoms with Crippen LogP contribution in [0.3, 0.4) is 0 Å². The number of carbonyl (C=O) groups is 1. The summed E-state index contributed by atoms with van der Waals surface area (Å²) in [5.41, 5.74) is 0. The van der Waals surface area contributed by atoms with Crippen molar-refractivity contribution in [1.82, 2.24) is 4.90 Å². The largest absolute Gasteiger partial charge is 0.377 e. The van der Waals surface area contributed by atoms with E-state index in [9.17, 15) is 4.79 Å². The van der Waals surface area contributed by atoms with Crippen LogP contribution in [0.4, 0.5) is 0 Å². The quantitative estimate of drug-likeness (QED) is 0.436. The first-order chi connectivity index (χ1) is 7.22. The van der Waals surface area contributed by atoms with Crippen LogP contribution in [-0.2, 0) is 14.3 Å². The summed E-state index contributed by atoms with van der Waals surface area (Å²) in [6.45, 7) is 4.31. The maximum atomic E-state index is 11.1. The molecule has 86 valence electrons. The van der Waals surface area contributed by atoms with E-state index in [-0.39, 0.29) is 5.91 Å². The van der Waals surface area contributed by atoms with Gasteiger partial charge < -0.3 is 14.4 Å². The molecule has 0 spiro atoms. The zero-order valence-corrected chi connectivity index (χ0v) is 9.49. The first-order valence-corrected chi connectivity index (χ1v) is 5.05. The van der Waals surface area contributed by atoms with Gasteiger partial charge >= 0.3 is 0 Å². The van der Waals surface area contributed by atoms with Gasteiger partial charge in [-0.3, -0.25) is 4.79 Å². The molecule has 0 rings (SSSR count). The number of hydrogen-bond acceptors (Lipinski definition) is 3. The third-order valence-corrected chi connectivity index (χ3v) is 1.86. The van der Waals surface area contributed by atoms with E-state index in [0.717, 1.165) is 0 Å². The van der Waals surface area contributed by atoms with Gasteiger partial charge in [0.2, 0.25) is 5.91 Å². The van der Waals surface area contributed by atoms with Crippen molar-refractivity contribution in [3.05, 3.63) is 0 Å². The molecule has 0 unspecified atom stereocenters. The predicted octanol–water partition coefficient (Wildman–Crippen LogP) is 0.521.